The zero-order valence-electron chi connectivity index (χ0n) is 26.5. The van der Waals surface area contributed by atoms with E-state index in [1.54, 1.807) is 30.3 Å². The molecule has 0 aliphatic carbocycles. The lowest BCUT2D eigenvalue weighted by Gasteiger charge is -2.44. The van der Waals surface area contributed by atoms with Crippen LogP contribution in [0.3, 0.4) is 0 Å². The molecule has 0 spiro atoms. The lowest BCUT2D eigenvalue weighted by atomic mass is 9.96. The molecule has 2 unspecified atom stereocenters. The van der Waals surface area contributed by atoms with Gasteiger partial charge in [0.15, 0.2) is 6.73 Å². The first-order valence-electron chi connectivity index (χ1n) is 15.9. The van der Waals surface area contributed by atoms with Crippen LogP contribution in [0.1, 0.15) is 53.0 Å². The number of carboxylic acid groups (broad SMARTS) is 1. The minimum Gasteiger partial charge on any atom is -0.478 e. The van der Waals surface area contributed by atoms with Crippen LogP contribution in [0.25, 0.3) is 11.1 Å². The van der Waals surface area contributed by atoms with Gasteiger partial charge in [0.25, 0.3) is 5.91 Å². The van der Waals surface area contributed by atoms with Gasteiger partial charge in [-0.1, -0.05) is 41.4 Å². The zero-order valence-corrected chi connectivity index (χ0v) is 28.0. The number of carbonyl (C=O) groups is 2. The van der Waals surface area contributed by atoms with Gasteiger partial charge >= 0.3 is 5.97 Å². The number of anilines is 2. The Balaban J connectivity index is 1.17. The number of benzene rings is 3. The lowest BCUT2D eigenvalue weighted by molar-refractivity contribution is 0.0516. The van der Waals surface area contributed by atoms with Crippen molar-refractivity contribution in [2.75, 3.05) is 49.9 Å². The highest BCUT2D eigenvalue weighted by atomic mass is 35.5. The number of aromatic carboxylic acids is 1. The second-order valence-corrected chi connectivity index (χ2v) is 13.9. The molecule has 0 saturated carbocycles. The summed E-state index contributed by atoms with van der Waals surface area (Å²) in [6, 6.07) is 12.3. The zero-order chi connectivity index (χ0) is 33.1. The third-order valence-corrected chi connectivity index (χ3v) is 10.7. The number of carboxylic acids is 1. The number of nitrogens with zero attached hydrogens (tertiary/aromatic N) is 4. The molecule has 2 bridgehead atoms. The molecule has 9 nitrogen and oxygen atoms in total. The number of rotatable bonds is 5. The van der Waals surface area contributed by atoms with Crippen molar-refractivity contribution in [3.8, 4) is 16.9 Å². The summed E-state index contributed by atoms with van der Waals surface area (Å²) >= 11 is 13.5. The molecule has 1 amide bonds. The number of morpholine rings is 1. The quantitative estimate of drug-likeness (QED) is 0.332. The summed E-state index contributed by atoms with van der Waals surface area (Å²) in [6.45, 7) is 7.13. The van der Waals surface area contributed by atoms with Gasteiger partial charge in [-0.3, -0.25) is 9.69 Å². The Morgan fingerprint density at radius 2 is 1.66 bits per heavy atom. The van der Waals surface area contributed by atoms with E-state index in [1.807, 2.05) is 6.07 Å². The molecule has 4 atom stereocenters. The van der Waals surface area contributed by atoms with Crippen LogP contribution in [-0.4, -0.2) is 91.0 Å². The summed E-state index contributed by atoms with van der Waals surface area (Å²) in [5, 5.41) is 10.5. The molecule has 3 fully saturated rings. The smallest absolute Gasteiger partial charge is 0.337 e. The van der Waals surface area contributed by atoms with E-state index in [0.717, 1.165) is 37.7 Å². The molecule has 3 saturated heterocycles. The molecule has 47 heavy (non-hydrogen) atoms. The van der Waals surface area contributed by atoms with Crippen molar-refractivity contribution >= 4 is 46.5 Å². The summed E-state index contributed by atoms with van der Waals surface area (Å²) < 4.78 is 27.6. The fourth-order valence-electron chi connectivity index (χ4n) is 7.54. The Morgan fingerprint density at radius 1 is 0.957 bits per heavy atom. The van der Waals surface area contributed by atoms with Crippen LogP contribution in [0.5, 0.6) is 5.75 Å². The van der Waals surface area contributed by atoms with Crippen LogP contribution in [0.15, 0.2) is 42.5 Å². The molecule has 7 rings (SSSR count). The molecule has 0 aromatic heterocycles. The Morgan fingerprint density at radius 3 is 2.34 bits per heavy atom. The number of fused-ring (bicyclic) bond motifs is 3. The maximum atomic E-state index is 15.7. The molecule has 3 aromatic carbocycles. The Kier molecular flexibility index (Phi) is 8.49. The second kappa shape index (κ2) is 12.5. The van der Waals surface area contributed by atoms with Crippen LogP contribution in [0.2, 0.25) is 10.0 Å². The van der Waals surface area contributed by atoms with Gasteiger partial charge in [-0.15, -0.1) is 0 Å². The molecule has 1 N–H and O–H groups in total. The van der Waals surface area contributed by atoms with E-state index in [0.29, 0.717) is 41.8 Å². The first-order chi connectivity index (χ1) is 22.5. The Bertz CT molecular complexity index is 1720. The van der Waals surface area contributed by atoms with Crippen molar-refractivity contribution in [2.24, 2.45) is 0 Å². The van der Waals surface area contributed by atoms with E-state index in [-0.39, 0.29) is 64.0 Å². The van der Waals surface area contributed by atoms with Crippen LogP contribution in [-0.2, 0) is 11.3 Å². The molecule has 12 heteroatoms. The average molecular weight is 684 g/mol. The monoisotopic (exact) mass is 682 g/mol. The average Bonchev–Trinajstić information content (AvgIpc) is 3.28. The largest absolute Gasteiger partial charge is 0.478 e. The number of hydrogen-bond acceptors (Lipinski definition) is 7. The number of para-hydroxylation sites is 1. The third-order valence-electron chi connectivity index (χ3n) is 10.1. The van der Waals surface area contributed by atoms with Crippen molar-refractivity contribution in [1.82, 2.24) is 9.80 Å². The van der Waals surface area contributed by atoms with Crippen LogP contribution in [0, 0.1) is 5.82 Å². The molecular formula is C35H37Cl2FN4O5. The summed E-state index contributed by atoms with van der Waals surface area (Å²) in [6.07, 6.45) is 1.77. The maximum Gasteiger partial charge on any atom is 0.337 e. The van der Waals surface area contributed by atoms with Gasteiger partial charge < -0.3 is 29.3 Å². The molecule has 4 aliphatic rings. The summed E-state index contributed by atoms with van der Waals surface area (Å²) in [7, 11) is 2.11. The number of hydrogen-bond donors (Lipinski definition) is 1. The van der Waals surface area contributed by atoms with Gasteiger partial charge in [-0.25, -0.2) is 9.18 Å². The Hall–Kier alpha value is -3.57. The van der Waals surface area contributed by atoms with E-state index in [9.17, 15) is 14.7 Å². The standard InChI is InChI=1S/C35H37Cl2FN4O5/c1-19-14-41(20(2)13-39(19)3)24-9-28(36)32(29(37)10-24)34(43)40-15-21-5-4-6-25(33(21)47-18-40)26-12-31(27(35(44)45)11-30(26)38)42-22-7-8-23(42)17-46-16-22/h4-6,9-12,19-20,22-23H,7-8,13-18H2,1-3H3,(H,44,45)/t19-,20-,22?,23?/m1/s1. The van der Waals surface area contributed by atoms with Crippen molar-refractivity contribution in [3.05, 3.63) is 75.0 Å². The highest BCUT2D eigenvalue weighted by Gasteiger charge is 2.40. The number of piperazine rings is 1. The molecule has 4 heterocycles. The molecule has 4 aliphatic heterocycles. The van der Waals surface area contributed by atoms with E-state index in [1.165, 1.54) is 4.90 Å². The van der Waals surface area contributed by atoms with Gasteiger partial charge in [-0.2, -0.15) is 0 Å². The SMILES string of the molecule is C[C@@H]1CN(c2cc(Cl)c(C(=O)N3COc4c(cccc4-c4cc(N5C6CCC5COC6)c(C(=O)O)cc4F)C3)c(Cl)c2)[C@H](C)CN1C. The number of likely N-dealkylation sites (N-methyl/N-ethyl adjacent to an activating group) is 1. The van der Waals surface area contributed by atoms with Gasteiger partial charge in [-0.05, 0) is 58.0 Å². The molecule has 0 radical (unpaired) electrons. The van der Waals surface area contributed by atoms with Gasteiger partial charge in [0.2, 0.25) is 0 Å². The number of amides is 1. The lowest BCUT2D eigenvalue weighted by Crippen LogP contribution is -2.55. The van der Waals surface area contributed by atoms with Crippen LogP contribution >= 0.6 is 23.2 Å². The van der Waals surface area contributed by atoms with Crippen LogP contribution in [0.4, 0.5) is 15.8 Å². The van der Waals surface area contributed by atoms with Crippen LogP contribution < -0.4 is 14.5 Å². The summed E-state index contributed by atoms with van der Waals surface area (Å²) in [5.74, 6) is -1.77. The van der Waals surface area contributed by atoms with Crippen molar-refractivity contribution in [1.29, 1.82) is 0 Å². The topological polar surface area (TPSA) is 85.8 Å². The van der Waals surface area contributed by atoms with E-state index < -0.39 is 11.8 Å². The molecular weight excluding hydrogens is 646 g/mol. The maximum absolute atomic E-state index is 15.7. The van der Waals surface area contributed by atoms with E-state index >= 15 is 4.39 Å². The van der Waals surface area contributed by atoms with E-state index in [4.69, 9.17) is 32.7 Å². The fraction of sp³-hybridized carbons (Fsp3) is 0.429. The first kappa shape index (κ1) is 32.0. The second-order valence-electron chi connectivity index (χ2n) is 13.1. The van der Waals surface area contributed by atoms with Gasteiger partial charge in [0.1, 0.15) is 11.6 Å². The Labute approximate surface area is 283 Å². The van der Waals surface area contributed by atoms with Crippen molar-refractivity contribution < 1.29 is 28.6 Å². The predicted octanol–water partition coefficient (Wildman–Crippen LogP) is 6.39. The fourth-order valence-corrected chi connectivity index (χ4v) is 8.18. The normalized spacial score (nSPS) is 24.3. The number of carbonyl (C=O) groups excluding carboxylic acids is 1. The molecule has 248 valence electrons. The molecule has 3 aromatic rings. The van der Waals surface area contributed by atoms with Gasteiger partial charge in [0.05, 0.1) is 58.7 Å². The van der Waals surface area contributed by atoms with Crippen molar-refractivity contribution in [3.63, 3.8) is 0 Å². The summed E-state index contributed by atoms with van der Waals surface area (Å²) in [4.78, 5) is 34.2. The number of ether oxygens (including phenoxy) is 2. The highest BCUT2D eigenvalue weighted by Crippen LogP contribution is 2.43. The minimum atomic E-state index is -1.19. The predicted molar refractivity (Wildman–Crippen MR) is 180 cm³/mol. The minimum absolute atomic E-state index is 0.0342. The van der Waals surface area contributed by atoms with E-state index in [2.05, 4.69) is 35.6 Å². The summed E-state index contributed by atoms with van der Waals surface area (Å²) in [5.41, 5.74) is 2.88. The van der Waals surface area contributed by atoms with Crippen molar-refractivity contribution in [2.45, 2.75) is 57.4 Å². The third kappa shape index (κ3) is 5.69. The van der Waals surface area contributed by atoms with Gasteiger partial charge in [0, 0.05) is 47.6 Å². The highest BCUT2D eigenvalue weighted by molar-refractivity contribution is 6.40. The number of halogens is 3. The first-order valence-corrected chi connectivity index (χ1v) is 16.7.